The first-order valence-corrected chi connectivity index (χ1v) is 8.18. The van der Waals surface area contributed by atoms with Crippen LogP contribution in [-0.2, 0) is 4.79 Å². The van der Waals surface area contributed by atoms with Gasteiger partial charge in [0.15, 0.2) is 11.4 Å². The SMILES string of the molecule is CCOc1cccn2c(C(=O)N[C@H]3CCN(C(C)=O)C3)c(C)nc12.Cl. The molecule has 3 rings (SSSR count). The first-order chi connectivity index (χ1) is 11.5. The van der Waals surface area contributed by atoms with Crippen LogP contribution in [0.15, 0.2) is 18.3 Å². The van der Waals surface area contributed by atoms with Crippen LogP contribution in [0.25, 0.3) is 5.65 Å². The third kappa shape index (κ3) is 3.71. The van der Waals surface area contributed by atoms with Gasteiger partial charge in [-0.2, -0.15) is 0 Å². The van der Waals surface area contributed by atoms with Crippen LogP contribution in [0.2, 0.25) is 0 Å². The van der Waals surface area contributed by atoms with Crippen molar-refractivity contribution in [3.8, 4) is 5.75 Å². The van der Waals surface area contributed by atoms with Crippen LogP contribution in [-0.4, -0.2) is 51.8 Å². The molecule has 1 fully saturated rings. The Morgan fingerprint density at radius 1 is 1.44 bits per heavy atom. The maximum atomic E-state index is 12.7. The third-order valence-electron chi connectivity index (χ3n) is 4.27. The summed E-state index contributed by atoms with van der Waals surface area (Å²) < 4.78 is 7.34. The van der Waals surface area contributed by atoms with E-state index in [1.54, 1.807) is 16.2 Å². The maximum Gasteiger partial charge on any atom is 0.270 e. The van der Waals surface area contributed by atoms with Gasteiger partial charge in [-0.3, -0.25) is 14.0 Å². The predicted octanol–water partition coefficient (Wildman–Crippen LogP) is 1.81. The lowest BCUT2D eigenvalue weighted by atomic mass is 10.2. The van der Waals surface area contributed by atoms with Gasteiger partial charge in [0.05, 0.1) is 12.3 Å². The van der Waals surface area contributed by atoms with E-state index in [4.69, 9.17) is 4.74 Å². The van der Waals surface area contributed by atoms with Gasteiger partial charge in [-0.1, -0.05) is 0 Å². The molecule has 1 N–H and O–H groups in total. The molecule has 1 aliphatic rings. The quantitative estimate of drug-likeness (QED) is 0.895. The number of likely N-dealkylation sites (tertiary alicyclic amines) is 1. The van der Waals surface area contributed by atoms with E-state index in [0.717, 1.165) is 6.42 Å². The zero-order valence-corrected chi connectivity index (χ0v) is 15.4. The van der Waals surface area contributed by atoms with Crippen molar-refractivity contribution in [1.82, 2.24) is 19.6 Å². The molecule has 1 atom stereocenters. The van der Waals surface area contributed by atoms with Crippen molar-refractivity contribution in [2.24, 2.45) is 0 Å². The van der Waals surface area contributed by atoms with Crippen LogP contribution >= 0.6 is 12.4 Å². The van der Waals surface area contributed by atoms with Crippen LogP contribution in [0.4, 0.5) is 0 Å². The molecule has 0 saturated carbocycles. The number of carbonyl (C=O) groups is 2. The van der Waals surface area contributed by atoms with Crippen molar-refractivity contribution in [3.05, 3.63) is 29.7 Å². The zero-order chi connectivity index (χ0) is 17.3. The standard InChI is InChI=1S/C17H22N4O3.ClH/c1-4-24-14-6-5-8-21-15(11(2)18-16(14)21)17(23)19-13-7-9-20(10-13)12(3)22;/h5-6,8,13H,4,7,9-10H2,1-3H3,(H,19,23);1H/t13-;/m0./s1. The van der Waals surface area contributed by atoms with Gasteiger partial charge in [0, 0.05) is 32.3 Å². The number of nitrogens with zero attached hydrogens (tertiary/aromatic N) is 3. The normalized spacial score (nSPS) is 16.6. The molecule has 25 heavy (non-hydrogen) atoms. The number of pyridine rings is 1. The van der Waals surface area contributed by atoms with E-state index in [2.05, 4.69) is 10.3 Å². The summed E-state index contributed by atoms with van der Waals surface area (Å²) in [5.41, 5.74) is 1.80. The number of hydrogen-bond donors (Lipinski definition) is 1. The molecular formula is C17H23ClN4O3. The van der Waals surface area contributed by atoms with E-state index < -0.39 is 0 Å². The number of halogens is 1. The van der Waals surface area contributed by atoms with E-state index in [1.165, 1.54) is 0 Å². The van der Waals surface area contributed by atoms with Gasteiger partial charge in [0.2, 0.25) is 5.91 Å². The minimum absolute atomic E-state index is 0. The first kappa shape index (κ1) is 19.1. The van der Waals surface area contributed by atoms with Crippen LogP contribution in [0.5, 0.6) is 5.75 Å². The number of ether oxygens (including phenoxy) is 1. The van der Waals surface area contributed by atoms with E-state index in [0.29, 0.717) is 42.5 Å². The number of hydrogen-bond acceptors (Lipinski definition) is 4. The summed E-state index contributed by atoms with van der Waals surface area (Å²) in [6, 6.07) is 3.65. The highest BCUT2D eigenvalue weighted by molar-refractivity contribution is 5.95. The summed E-state index contributed by atoms with van der Waals surface area (Å²) in [5.74, 6) is 0.522. The second-order valence-corrected chi connectivity index (χ2v) is 5.97. The molecule has 2 aromatic heterocycles. The molecule has 7 nitrogen and oxygen atoms in total. The number of amides is 2. The minimum Gasteiger partial charge on any atom is -0.490 e. The van der Waals surface area contributed by atoms with Crippen LogP contribution < -0.4 is 10.1 Å². The molecule has 0 spiro atoms. The maximum absolute atomic E-state index is 12.7. The second kappa shape index (κ2) is 7.74. The predicted molar refractivity (Wildman–Crippen MR) is 96.5 cm³/mol. The Balaban J connectivity index is 0.00000225. The number of imidazole rings is 1. The first-order valence-electron chi connectivity index (χ1n) is 8.18. The number of fused-ring (bicyclic) bond motifs is 1. The Hall–Kier alpha value is -2.28. The number of carbonyl (C=O) groups excluding carboxylic acids is 2. The second-order valence-electron chi connectivity index (χ2n) is 5.97. The Morgan fingerprint density at radius 2 is 2.20 bits per heavy atom. The van der Waals surface area contributed by atoms with Gasteiger partial charge in [0.25, 0.3) is 5.91 Å². The van der Waals surface area contributed by atoms with E-state index in [-0.39, 0.29) is 30.3 Å². The lowest BCUT2D eigenvalue weighted by Gasteiger charge is -2.15. The van der Waals surface area contributed by atoms with Crippen molar-refractivity contribution in [1.29, 1.82) is 0 Å². The molecule has 2 aromatic rings. The molecule has 1 aliphatic heterocycles. The third-order valence-corrected chi connectivity index (χ3v) is 4.27. The highest BCUT2D eigenvalue weighted by atomic mass is 35.5. The van der Waals surface area contributed by atoms with Gasteiger partial charge < -0.3 is 15.0 Å². The fourth-order valence-electron chi connectivity index (χ4n) is 3.12. The highest BCUT2D eigenvalue weighted by Crippen LogP contribution is 2.22. The van der Waals surface area contributed by atoms with Gasteiger partial charge >= 0.3 is 0 Å². The van der Waals surface area contributed by atoms with Crippen LogP contribution in [0.1, 0.15) is 36.5 Å². The summed E-state index contributed by atoms with van der Waals surface area (Å²) in [5, 5.41) is 3.02. The Kier molecular flexibility index (Phi) is 5.89. The van der Waals surface area contributed by atoms with Crippen molar-refractivity contribution in [3.63, 3.8) is 0 Å². The number of aryl methyl sites for hydroxylation is 1. The smallest absolute Gasteiger partial charge is 0.270 e. The lowest BCUT2D eigenvalue weighted by Crippen LogP contribution is -2.38. The molecule has 0 radical (unpaired) electrons. The Morgan fingerprint density at radius 3 is 2.84 bits per heavy atom. The zero-order valence-electron chi connectivity index (χ0n) is 14.6. The number of nitrogens with one attached hydrogen (secondary N) is 1. The average molecular weight is 367 g/mol. The Bertz CT molecular complexity index is 790. The molecule has 8 heteroatoms. The summed E-state index contributed by atoms with van der Waals surface area (Å²) in [4.78, 5) is 30.4. The monoisotopic (exact) mass is 366 g/mol. The van der Waals surface area contributed by atoms with E-state index in [1.807, 2.05) is 32.2 Å². The molecule has 0 aromatic carbocycles. The van der Waals surface area contributed by atoms with Crippen molar-refractivity contribution >= 4 is 29.9 Å². The summed E-state index contributed by atoms with van der Waals surface area (Å²) >= 11 is 0. The minimum atomic E-state index is -0.177. The average Bonchev–Trinajstić information content (AvgIpc) is 3.12. The summed E-state index contributed by atoms with van der Waals surface area (Å²) in [7, 11) is 0. The molecule has 0 aliphatic carbocycles. The van der Waals surface area contributed by atoms with Gasteiger partial charge in [-0.25, -0.2) is 4.98 Å². The van der Waals surface area contributed by atoms with Crippen molar-refractivity contribution < 1.29 is 14.3 Å². The Labute approximate surface area is 152 Å². The van der Waals surface area contributed by atoms with Crippen molar-refractivity contribution in [2.45, 2.75) is 33.2 Å². The van der Waals surface area contributed by atoms with E-state index in [9.17, 15) is 9.59 Å². The lowest BCUT2D eigenvalue weighted by molar-refractivity contribution is -0.127. The molecule has 0 unspecified atom stereocenters. The van der Waals surface area contributed by atoms with E-state index >= 15 is 0 Å². The molecule has 3 heterocycles. The van der Waals surface area contributed by atoms with Gasteiger partial charge in [-0.15, -0.1) is 12.4 Å². The van der Waals surface area contributed by atoms with Gasteiger partial charge in [0.1, 0.15) is 5.69 Å². The fourth-order valence-corrected chi connectivity index (χ4v) is 3.12. The summed E-state index contributed by atoms with van der Waals surface area (Å²) in [6.07, 6.45) is 2.58. The molecule has 0 bridgehead atoms. The molecule has 1 saturated heterocycles. The van der Waals surface area contributed by atoms with Crippen LogP contribution in [0.3, 0.4) is 0 Å². The molecular weight excluding hydrogens is 344 g/mol. The van der Waals surface area contributed by atoms with Crippen molar-refractivity contribution in [2.75, 3.05) is 19.7 Å². The number of aromatic nitrogens is 2. The largest absolute Gasteiger partial charge is 0.490 e. The van der Waals surface area contributed by atoms with Crippen LogP contribution in [0, 0.1) is 6.92 Å². The summed E-state index contributed by atoms with van der Waals surface area (Å²) in [6.45, 7) is 7.05. The molecule has 2 amide bonds. The number of rotatable bonds is 4. The topological polar surface area (TPSA) is 75.9 Å². The fraction of sp³-hybridized carbons (Fsp3) is 0.471. The molecule has 136 valence electrons. The highest BCUT2D eigenvalue weighted by Gasteiger charge is 2.27. The van der Waals surface area contributed by atoms with Gasteiger partial charge in [-0.05, 0) is 32.4 Å².